The Morgan fingerprint density at radius 1 is 1.29 bits per heavy atom. The molecule has 3 heterocycles. The molecular formula is C19H24N4O4S. The second-order valence-corrected chi connectivity index (χ2v) is 9.56. The second-order valence-electron chi connectivity index (χ2n) is 7.72. The highest BCUT2D eigenvalue weighted by atomic mass is 32.2. The number of carbonyl (C=O) groups is 1. The third-order valence-corrected chi connectivity index (χ3v) is 7.27. The van der Waals surface area contributed by atoms with Crippen LogP contribution in [0.25, 0.3) is 0 Å². The number of hydrogen-bond acceptors (Lipinski definition) is 6. The fourth-order valence-electron chi connectivity index (χ4n) is 3.62. The van der Waals surface area contributed by atoms with E-state index >= 15 is 0 Å². The molecule has 0 bridgehead atoms. The van der Waals surface area contributed by atoms with Gasteiger partial charge in [-0.25, -0.2) is 13.4 Å². The molecule has 0 spiro atoms. The van der Waals surface area contributed by atoms with Crippen molar-refractivity contribution in [1.82, 2.24) is 19.8 Å². The molecule has 1 saturated carbocycles. The molecule has 8 nitrogen and oxygen atoms in total. The first-order valence-electron chi connectivity index (χ1n) is 9.56. The summed E-state index contributed by atoms with van der Waals surface area (Å²) < 4.78 is 32.6. The number of carbonyl (C=O) groups excluding carboxylic acids is 1. The lowest BCUT2D eigenvalue weighted by atomic mass is 10.0. The summed E-state index contributed by atoms with van der Waals surface area (Å²) in [5, 5.41) is 6.89. The molecule has 150 valence electrons. The smallest absolute Gasteiger partial charge is 0.273 e. The van der Waals surface area contributed by atoms with Crippen molar-refractivity contribution in [1.29, 1.82) is 0 Å². The van der Waals surface area contributed by atoms with Crippen LogP contribution in [0.3, 0.4) is 0 Å². The highest BCUT2D eigenvalue weighted by Gasteiger charge is 2.36. The molecule has 2 aromatic heterocycles. The van der Waals surface area contributed by atoms with Gasteiger partial charge in [0, 0.05) is 36.8 Å². The van der Waals surface area contributed by atoms with Crippen LogP contribution < -0.4 is 5.32 Å². The van der Waals surface area contributed by atoms with Gasteiger partial charge in [-0.1, -0.05) is 5.16 Å². The molecule has 2 fully saturated rings. The average molecular weight is 404 g/mol. The quantitative estimate of drug-likeness (QED) is 0.819. The van der Waals surface area contributed by atoms with Crippen LogP contribution >= 0.6 is 0 Å². The number of nitrogens with zero attached hydrogens (tertiary/aromatic N) is 3. The van der Waals surface area contributed by atoms with Crippen LogP contribution in [-0.2, 0) is 10.0 Å². The molecule has 2 aliphatic rings. The van der Waals surface area contributed by atoms with Gasteiger partial charge in [-0.2, -0.15) is 4.31 Å². The van der Waals surface area contributed by atoms with E-state index < -0.39 is 10.0 Å². The Bertz CT molecular complexity index is 983. The number of nitrogens with one attached hydrogen (secondary N) is 1. The molecule has 0 radical (unpaired) electrons. The van der Waals surface area contributed by atoms with Gasteiger partial charge in [-0.15, -0.1) is 0 Å². The van der Waals surface area contributed by atoms with Gasteiger partial charge in [0.2, 0.25) is 0 Å². The monoisotopic (exact) mass is 404 g/mol. The zero-order chi connectivity index (χ0) is 19.9. The highest BCUT2D eigenvalue weighted by Crippen LogP contribution is 2.40. The van der Waals surface area contributed by atoms with Gasteiger partial charge >= 0.3 is 0 Å². The maximum atomic E-state index is 12.9. The number of pyridine rings is 1. The molecule has 0 unspecified atom stereocenters. The second kappa shape index (κ2) is 7.29. The van der Waals surface area contributed by atoms with Crippen LogP contribution in [-0.4, -0.2) is 47.4 Å². The first-order chi connectivity index (χ1) is 13.3. The van der Waals surface area contributed by atoms with Crippen LogP contribution in [0.2, 0.25) is 0 Å². The molecule has 1 saturated heterocycles. The summed E-state index contributed by atoms with van der Waals surface area (Å²) >= 11 is 0. The van der Waals surface area contributed by atoms with Gasteiger partial charge in [-0.3, -0.25) is 4.79 Å². The lowest BCUT2D eigenvalue weighted by molar-refractivity contribution is 0.0905. The SMILES string of the molecule is Cc1ccnc(S(=O)(=O)N2CC[C@H](NC(=O)c3cc(C4CC4)on3)C[C@@H]2C)c1. The van der Waals surface area contributed by atoms with Crippen LogP contribution in [0, 0.1) is 6.92 Å². The van der Waals surface area contributed by atoms with Gasteiger partial charge in [0.15, 0.2) is 10.7 Å². The third kappa shape index (κ3) is 3.81. The first kappa shape index (κ1) is 19.1. The summed E-state index contributed by atoms with van der Waals surface area (Å²) in [4.78, 5) is 16.5. The molecule has 1 aliphatic heterocycles. The molecule has 1 N–H and O–H groups in total. The Morgan fingerprint density at radius 2 is 2.07 bits per heavy atom. The summed E-state index contributed by atoms with van der Waals surface area (Å²) in [5.41, 5.74) is 1.13. The van der Waals surface area contributed by atoms with Crippen LogP contribution in [0.15, 0.2) is 33.9 Å². The number of rotatable bonds is 5. The van der Waals surface area contributed by atoms with Crippen LogP contribution in [0.4, 0.5) is 0 Å². The van der Waals surface area contributed by atoms with E-state index in [1.54, 1.807) is 18.2 Å². The Morgan fingerprint density at radius 3 is 2.75 bits per heavy atom. The van der Waals surface area contributed by atoms with Gasteiger partial charge in [0.1, 0.15) is 5.76 Å². The van der Waals surface area contributed by atoms with E-state index in [0.29, 0.717) is 25.3 Å². The van der Waals surface area contributed by atoms with Crippen molar-refractivity contribution >= 4 is 15.9 Å². The van der Waals surface area contributed by atoms with E-state index in [2.05, 4.69) is 15.5 Å². The van der Waals surface area contributed by atoms with E-state index in [1.165, 1.54) is 10.5 Å². The zero-order valence-electron chi connectivity index (χ0n) is 16.0. The predicted octanol–water partition coefficient (Wildman–Crippen LogP) is 2.23. The van der Waals surface area contributed by atoms with Gasteiger partial charge in [0.05, 0.1) is 0 Å². The molecular weight excluding hydrogens is 380 g/mol. The predicted molar refractivity (Wildman–Crippen MR) is 101 cm³/mol. The molecule has 28 heavy (non-hydrogen) atoms. The minimum atomic E-state index is -3.65. The molecule has 4 rings (SSSR count). The van der Waals surface area contributed by atoms with E-state index in [0.717, 1.165) is 24.2 Å². The van der Waals surface area contributed by atoms with Crippen LogP contribution in [0.1, 0.15) is 60.3 Å². The largest absolute Gasteiger partial charge is 0.360 e. The van der Waals surface area contributed by atoms with Gasteiger partial charge in [-0.05, 0) is 57.2 Å². The topological polar surface area (TPSA) is 105 Å². The summed E-state index contributed by atoms with van der Waals surface area (Å²) in [6.07, 6.45) is 4.74. The van der Waals surface area contributed by atoms with Crippen molar-refractivity contribution in [3.63, 3.8) is 0 Å². The Hall–Kier alpha value is -2.26. The molecule has 2 aromatic rings. The number of amides is 1. The zero-order valence-corrected chi connectivity index (χ0v) is 16.8. The van der Waals surface area contributed by atoms with Crippen molar-refractivity contribution in [2.45, 2.75) is 62.6 Å². The maximum absolute atomic E-state index is 12.9. The molecule has 0 aromatic carbocycles. The number of sulfonamides is 1. The lowest BCUT2D eigenvalue weighted by Crippen LogP contribution is -2.50. The normalized spacial score (nSPS) is 23.5. The fourth-order valence-corrected chi connectivity index (χ4v) is 5.30. The van der Waals surface area contributed by atoms with Gasteiger partial charge < -0.3 is 9.84 Å². The maximum Gasteiger partial charge on any atom is 0.273 e. The number of piperidine rings is 1. The lowest BCUT2D eigenvalue weighted by Gasteiger charge is -2.36. The summed E-state index contributed by atoms with van der Waals surface area (Å²) in [6.45, 7) is 4.02. The molecule has 1 aliphatic carbocycles. The highest BCUT2D eigenvalue weighted by molar-refractivity contribution is 7.89. The van der Waals surface area contributed by atoms with E-state index in [9.17, 15) is 13.2 Å². The van der Waals surface area contributed by atoms with Crippen molar-refractivity contribution in [3.8, 4) is 0 Å². The number of aromatic nitrogens is 2. The number of aryl methyl sites for hydroxylation is 1. The van der Waals surface area contributed by atoms with E-state index in [4.69, 9.17) is 4.52 Å². The summed E-state index contributed by atoms with van der Waals surface area (Å²) in [5.74, 6) is 0.896. The molecule has 2 atom stereocenters. The minimum absolute atomic E-state index is 0.0667. The summed E-state index contributed by atoms with van der Waals surface area (Å²) in [6, 6.07) is 4.70. The van der Waals surface area contributed by atoms with Gasteiger partial charge in [0.25, 0.3) is 15.9 Å². The van der Waals surface area contributed by atoms with E-state index in [-0.39, 0.29) is 28.7 Å². The van der Waals surface area contributed by atoms with Crippen molar-refractivity contribution in [3.05, 3.63) is 41.4 Å². The standard InChI is InChI=1S/C19H24N4O4S/c1-12-5-7-20-18(9-12)28(25,26)23-8-6-15(10-13(23)2)21-19(24)16-11-17(27-22-16)14-3-4-14/h5,7,9,11,13-15H,3-4,6,8,10H2,1-2H3,(H,21,24)/t13-,15-/m0/s1. The molecule has 9 heteroatoms. The first-order valence-corrected chi connectivity index (χ1v) is 11.0. The van der Waals surface area contributed by atoms with Crippen molar-refractivity contribution < 1.29 is 17.7 Å². The van der Waals surface area contributed by atoms with Crippen LogP contribution in [0.5, 0.6) is 0 Å². The van der Waals surface area contributed by atoms with Crippen molar-refractivity contribution in [2.75, 3.05) is 6.54 Å². The average Bonchev–Trinajstić information content (AvgIpc) is 3.38. The summed E-state index contributed by atoms with van der Waals surface area (Å²) in [7, 11) is -3.65. The fraction of sp³-hybridized carbons (Fsp3) is 0.526. The number of hydrogen-bond donors (Lipinski definition) is 1. The Kier molecular flexibility index (Phi) is 4.96. The van der Waals surface area contributed by atoms with E-state index in [1.807, 2.05) is 13.8 Å². The minimum Gasteiger partial charge on any atom is -0.360 e. The van der Waals surface area contributed by atoms with Crippen molar-refractivity contribution in [2.24, 2.45) is 0 Å². The molecule has 1 amide bonds. The third-order valence-electron chi connectivity index (χ3n) is 5.35. The Labute approximate surface area is 164 Å². The Balaban J connectivity index is 1.40.